The molecule has 33 heavy (non-hydrogen) atoms. The predicted octanol–water partition coefficient (Wildman–Crippen LogP) is 3.29. The summed E-state index contributed by atoms with van der Waals surface area (Å²) < 4.78 is 15.3. The molecule has 0 heterocycles. The molecule has 0 aromatic heterocycles. The van der Waals surface area contributed by atoms with Gasteiger partial charge in [0.2, 0.25) is 0 Å². The van der Waals surface area contributed by atoms with Gasteiger partial charge in [0.15, 0.2) is 11.4 Å². The van der Waals surface area contributed by atoms with Crippen LogP contribution in [0.5, 0.6) is 0 Å². The number of esters is 3. The number of unbranched alkanes of at least 4 members (excludes halogenated alkanes) is 1. The number of carbonyl (C=O) groups excluding carboxylic acids is 4. The van der Waals surface area contributed by atoms with Gasteiger partial charge in [0.25, 0.3) is 0 Å². The Bertz CT molecular complexity index is 820. The first-order valence-electron chi connectivity index (χ1n) is 11.0. The first-order valence-corrected chi connectivity index (χ1v) is 11.0. The molecule has 0 aromatic carbocycles. The van der Waals surface area contributed by atoms with Crippen molar-refractivity contribution in [3.05, 3.63) is 48.1 Å². The highest BCUT2D eigenvalue weighted by atomic mass is 16.6. The number of hydrogen-bond acceptors (Lipinski definition) is 8. The minimum Gasteiger partial charge on any atom is -0.469 e. The molecule has 0 amide bonds. The molecule has 1 N–H and O–H groups in total. The van der Waals surface area contributed by atoms with Gasteiger partial charge in [-0.05, 0) is 31.1 Å². The summed E-state index contributed by atoms with van der Waals surface area (Å²) in [7, 11) is 1.27. The number of ether oxygens (including phenoxy) is 3. The van der Waals surface area contributed by atoms with Crippen molar-refractivity contribution in [2.75, 3.05) is 7.11 Å². The summed E-state index contributed by atoms with van der Waals surface area (Å²) in [4.78, 5) is 47.1. The summed E-state index contributed by atoms with van der Waals surface area (Å²) in [5.41, 5.74) is -1.06. The summed E-state index contributed by atoms with van der Waals surface area (Å²) in [5, 5.41) is 10.0. The van der Waals surface area contributed by atoms with E-state index in [-0.39, 0.29) is 30.6 Å². The molecular formula is C25H34O8. The third-order valence-corrected chi connectivity index (χ3v) is 4.95. The van der Waals surface area contributed by atoms with Crippen LogP contribution < -0.4 is 0 Å². The topological polar surface area (TPSA) is 116 Å². The average Bonchev–Trinajstić information content (AvgIpc) is 3.04. The van der Waals surface area contributed by atoms with Crippen molar-refractivity contribution >= 4 is 23.7 Å². The van der Waals surface area contributed by atoms with Gasteiger partial charge in [-0.1, -0.05) is 44.1 Å². The van der Waals surface area contributed by atoms with Crippen molar-refractivity contribution in [2.24, 2.45) is 0 Å². The number of allylic oxidation sites excluding steroid dienone is 3. The summed E-state index contributed by atoms with van der Waals surface area (Å²) in [6, 6.07) is 0. The molecule has 0 saturated heterocycles. The van der Waals surface area contributed by atoms with Gasteiger partial charge in [-0.25, -0.2) is 0 Å². The molecule has 0 fully saturated rings. The molecule has 0 unspecified atom stereocenters. The third-order valence-electron chi connectivity index (χ3n) is 4.95. The Morgan fingerprint density at radius 2 is 1.88 bits per heavy atom. The number of methoxy groups -OCH3 is 1. The van der Waals surface area contributed by atoms with Crippen LogP contribution in [-0.2, 0) is 33.4 Å². The van der Waals surface area contributed by atoms with Gasteiger partial charge >= 0.3 is 17.9 Å². The van der Waals surface area contributed by atoms with E-state index in [1.54, 1.807) is 18.2 Å². The lowest BCUT2D eigenvalue weighted by Crippen LogP contribution is -2.33. The molecule has 0 saturated carbocycles. The number of hydrogen-bond donors (Lipinski definition) is 1. The monoisotopic (exact) mass is 462 g/mol. The van der Waals surface area contributed by atoms with Crippen LogP contribution in [0, 0.1) is 0 Å². The average molecular weight is 463 g/mol. The van der Waals surface area contributed by atoms with Crippen molar-refractivity contribution in [3.63, 3.8) is 0 Å². The second-order valence-corrected chi connectivity index (χ2v) is 7.75. The van der Waals surface area contributed by atoms with Crippen molar-refractivity contribution < 1.29 is 38.5 Å². The summed E-state index contributed by atoms with van der Waals surface area (Å²) in [6.07, 6.45) is 12.4. The van der Waals surface area contributed by atoms with Crippen LogP contribution in [0.4, 0.5) is 0 Å². The van der Waals surface area contributed by atoms with Crippen molar-refractivity contribution in [2.45, 2.75) is 77.1 Å². The summed E-state index contributed by atoms with van der Waals surface area (Å²) >= 11 is 0. The third kappa shape index (κ3) is 9.99. The maximum absolute atomic E-state index is 12.5. The zero-order chi connectivity index (χ0) is 24.9. The Kier molecular flexibility index (Phi) is 12.1. The van der Waals surface area contributed by atoms with Gasteiger partial charge in [0, 0.05) is 32.3 Å². The zero-order valence-corrected chi connectivity index (χ0v) is 19.7. The minimum atomic E-state index is -1.29. The number of carbonyl (C=O) groups is 4. The van der Waals surface area contributed by atoms with E-state index >= 15 is 0 Å². The maximum atomic E-state index is 12.5. The first-order chi connectivity index (χ1) is 15.6. The molecule has 0 bridgehead atoms. The van der Waals surface area contributed by atoms with Crippen LogP contribution >= 0.6 is 0 Å². The van der Waals surface area contributed by atoms with Crippen molar-refractivity contribution in [3.8, 4) is 0 Å². The summed E-state index contributed by atoms with van der Waals surface area (Å²) in [5.74, 6) is -1.82. The van der Waals surface area contributed by atoms with E-state index in [0.29, 0.717) is 6.42 Å². The molecule has 1 aliphatic carbocycles. The fraction of sp³-hybridized carbons (Fsp3) is 0.520. The Hall–Kier alpha value is -3.00. The lowest BCUT2D eigenvalue weighted by molar-refractivity contribution is -0.149. The van der Waals surface area contributed by atoms with E-state index in [0.717, 1.165) is 12.8 Å². The number of rotatable bonds is 13. The van der Waals surface area contributed by atoms with Crippen LogP contribution in [0.25, 0.3) is 0 Å². The maximum Gasteiger partial charge on any atom is 0.305 e. The zero-order valence-electron chi connectivity index (χ0n) is 19.7. The lowest BCUT2D eigenvalue weighted by atomic mass is 9.91. The SMILES string of the molecule is CCCC[C@@H](O)C=CC[C@]1(OC(C)=O)C=CC(=O)C1=C/C=C/[C@@H](CCC(=O)OC)OC(C)=O. The standard InChI is InChI=1S/C25H34O8/c1-5-6-9-20(28)10-8-16-25(33-19(3)27)17-15-23(29)22(25)12-7-11-21(32-18(2)26)13-14-24(30)31-4/h7-8,10-12,15,17,20-21,28H,5-6,9,13-14,16H2,1-4H3/b10-8?,11-7+,22-12?/t20-,21+,25+/m1/s1. The van der Waals surface area contributed by atoms with Crippen molar-refractivity contribution in [1.82, 2.24) is 0 Å². The lowest BCUT2D eigenvalue weighted by Gasteiger charge is -2.27. The van der Waals surface area contributed by atoms with Crippen LogP contribution in [0.3, 0.4) is 0 Å². The molecule has 8 nitrogen and oxygen atoms in total. The van der Waals surface area contributed by atoms with Crippen LogP contribution in [-0.4, -0.2) is 53.7 Å². The molecule has 0 spiro atoms. The van der Waals surface area contributed by atoms with E-state index in [2.05, 4.69) is 4.74 Å². The van der Waals surface area contributed by atoms with Gasteiger partial charge < -0.3 is 19.3 Å². The van der Waals surface area contributed by atoms with Crippen LogP contribution in [0.1, 0.15) is 59.3 Å². The molecule has 0 aromatic rings. The van der Waals surface area contributed by atoms with Crippen LogP contribution in [0.2, 0.25) is 0 Å². The Labute approximate surface area is 195 Å². The first kappa shape index (κ1) is 28.0. The quantitative estimate of drug-likeness (QED) is 0.192. The van der Waals surface area contributed by atoms with E-state index in [9.17, 15) is 24.3 Å². The smallest absolute Gasteiger partial charge is 0.305 e. The Morgan fingerprint density at radius 3 is 2.48 bits per heavy atom. The van der Waals surface area contributed by atoms with E-state index in [4.69, 9.17) is 9.47 Å². The number of aliphatic hydroxyl groups excluding tert-OH is 1. The fourth-order valence-electron chi connectivity index (χ4n) is 3.34. The van der Waals surface area contributed by atoms with E-state index < -0.39 is 35.7 Å². The number of ketones is 1. The second-order valence-electron chi connectivity index (χ2n) is 7.75. The molecule has 8 heteroatoms. The molecule has 0 radical (unpaired) electrons. The molecule has 1 aliphatic rings. The highest BCUT2D eigenvalue weighted by Gasteiger charge is 2.41. The summed E-state index contributed by atoms with van der Waals surface area (Å²) in [6.45, 7) is 4.55. The highest BCUT2D eigenvalue weighted by molar-refractivity contribution is 6.09. The van der Waals surface area contributed by atoms with Gasteiger partial charge in [0.05, 0.1) is 13.2 Å². The molecule has 182 valence electrons. The van der Waals surface area contributed by atoms with E-state index in [1.807, 2.05) is 6.92 Å². The highest BCUT2D eigenvalue weighted by Crippen LogP contribution is 2.34. The number of aliphatic hydroxyl groups is 1. The molecule has 0 aliphatic heterocycles. The van der Waals surface area contributed by atoms with Gasteiger partial charge in [0.1, 0.15) is 6.10 Å². The largest absolute Gasteiger partial charge is 0.469 e. The molecular weight excluding hydrogens is 428 g/mol. The van der Waals surface area contributed by atoms with Gasteiger partial charge in [-0.15, -0.1) is 0 Å². The van der Waals surface area contributed by atoms with E-state index in [1.165, 1.54) is 45.3 Å². The van der Waals surface area contributed by atoms with Gasteiger partial charge in [-0.2, -0.15) is 0 Å². The molecule has 3 atom stereocenters. The Morgan fingerprint density at radius 1 is 1.15 bits per heavy atom. The fourth-order valence-corrected chi connectivity index (χ4v) is 3.34. The molecule has 1 rings (SSSR count). The normalized spacial score (nSPS) is 21.0. The minimum absolute atomic E-state index is 0.0540. The second kappa shape index (κ2) is 14.2. The van der Waals surface area contributed by atoms with Crippen LogP contribution in [0.15, 0.2) is 48.1 Å². The predicted molar refractivity (Wildman–Crippen MR) is 122 cm³/mol. The van der Waals surface area contributed by atoms with Gasteiger partial charge in [-0.3, -0.25) is 19.2 Å². The Balaban J connectivity index is 3.08. The van der Waals surface area contributed by atoms with Crippen molar-refractivity contribution in [1.29, 1.82) is 0 Å².